The molecule has 0 aliphatic carbocycles. The lowest BCUT2D eigenvalue weighted by Gasteiger charge is -2.23. The molecule has 16 heavy (non-hydrogen) atoms. The number of pyridine rings is 1. The van der Waals surface area contributed by atoms with Crippen LogP contribution in [0.3, 0.4) is 0 Å². The molecule has 0 amide bonds. The number of nitriles is 1. The standard InChI is InChI=1S/C12H16N4/c13-7-11-4-1-5-12(16-11)15-9-10-3-2-6-14-8-10/h1,4-5,10,14H,2-3,6,8-9H2,(H,15,16). The maximum atomic E-state index is 8.73. The zero-order chi connectivity index (χ0) is 11.2. The van der Waals surface area contributed by atoms with Crippen LogP contribution < -0.4 is 10.6 Å². The summed E-state index contributed by atoms with van der Waals surface area (Å²) in [6.45, 7) is 3.14. The molecule has 1 aliphatic rings. The molecule has 0 radical (unpaired) electrons. The van der Waals surface area contributed by atoms with E-state index in [1.165, 1.54) is 12.8 Å². The van der Waals surface area contributed by atoms with Crippen molar-refractivity contribution in [3.05, 3.63) is 23.9 Å². The zero-order valence-corrected chi connectivity index (χ0v) is 9.24. The van der Waals surface area contributed by atoms with E-state index in [4.69, 9.17) is 5.26 Å². The number of aromatic nitrogens is 1. The van der Waals surface area contributed by atoms with Crippen molar-refractivity contribution in [2.45, 2.75) is 12.8 Å². The predicted molar refractivity (Wildman–Crippen MR) is 63.0 cm³/mol. The minimum atomic E-state index is 0.465. The molecule has 1 aromatic rings. The van der Waals surface area contributed by atoms with Crippen LogP contribution in [0.15, 0.2) is 18.2 Å². The third kappa shape index (κ3) is 2.94. The van der Waals surface area contributed by atoms with E-state index in [1.54, 1.807) is 6.07 Å². The quantitative estimate of drug-likeness (QED) is 0.801. The molecule has 1 atom stereocenters. The summed E-state index contributed by atoms with van der Waals surface area (Å²) >= 11 is 0. The highest BCUT2D eigenvalue weighted by Crippen LogP contribution is 2.11. The van der Waals surface area contributed by atoms with Crippen LogP contribution in [-0.4, -0.2) is 24.6 Å². The van der Waals surface area contributed by atoms with Gasteiger partial charge in [-0.15, -0.1) is 0 Å². The van der Waals surface area contributed by atoms with Gasteiger partial charge >= 0.3 is 0 Å². The van der Waals surface area contributed by atoms with Crippen LogP contribution in [0.1, 0.15) is 18.5 Å². The van der Waals surface area contributed by atoms with E-state index >= 15 is 0 Å². The largest absolute Gasteiger partial charge is 0.370 e. The molecule has 1 aliphatic heterocycles. The highest BCUT2D eigenvalue weighted by molar-refractivity contribution is 5.38. The molecule has 1 fully saturated rings. The van der Waals surface area contributed by atoms with Crippen LogP contribution in [0.5, 0.6) is 0 Å². The topological polar surface area (TPSA) is 60.7 Å². The van der Waals surface area contributed by atoms with Crippen LogP contribution in [0.4, 0.5) is 5.82 Å². The van der Waals surface area contributed by atoms with Crippen molar-refractivity contribution in [3.63, 3.8) is 0 Å². The maximum absolute atomic E-state index is 8.73. The molecule has 84 valence electrons. The van der Waals surface area contributed by atoms with E-state index in [0.29, 0.717) is 11.6 Å². The summed E-state index contributed by atoms with van der Waals surface area (Å²) in [7, 11) is 0. The number of hydrogen-bond donors (Lipinski definition) is 2. The van der Waals surface area contributed by atoms with Gasteiger partial charge in [0.2, 0.25) is 0 Å². The van der Waals surface area contributed by atoms with Crippen molar-refractivity contribution in [3.8, 4) is 6.07 Å². The molecule has 1 aromatic heterocycles. The molecule has 0 aromatic carbocycles. The molecule has 1 unspecified atom stereocenters. The van der Waals surface area contributed by atoms with Gasteiger partial charge in [0, 0.05) is 6.54 Å². The first-order chi connectivity index (χ1) is 7.88. The van der Waals surface area contributed by atoms with Crippen molar-refractivity contribution in [1.82, 2.24) is 10.3 Å². The minimum Gasteiger partial charge on any atom is -0.370 e. The van der Waals surface area contributed by atoms with E-state index in [-0.39, 0.29) is 0 Å². The first-order valence-corrected chi connectivity index (χ1v) is 5.70. The molecule has 0 saturated carbocycles. The number of rotatable bonds is 3. The SMILES string of the molecule is N#Cc1cccc(NCC2CCCNC2)n1. The summed E-state index contributed by atoms with van der Waals surface area (Å²) in [5.41, 5.74) is 0.465. The Morgan fingerprint density at radius 2 is 2.50 bits per heavy atom. The summed E-state index contributed by atoms with van der Waals surface area (Å²) in [6, 6.07) is 7.51. The maximum Gasteiger partial charge on any atom is 0.142 e. The average molecular weight is 216 g/mol. The summed E-state index contributed by atoms with van der Waals surface area (Å²) in [4.78, 5) is 4.18. The Balaban J connectivity index is 1.86. The molecule has 2 rings (SSSR count). The fourth-order valence-corrected chi connectivity index (χ4v) is 1.94. The third-order valence-corrected chi connectivity index (χ3v) is 2.83. The lowest BCUT2D eigenvalue weighted by atomic mass is 10.00. The molecular formula is C12H16N4. The third-order valence-electron chi connectivity index (χ3n) is 2.83. The summed E-state index contributed by atoms with van der Waals surface area (Å²) in [5.74, 6) is 1.46. The van der Waals surface area contributed by atoms with Gasteiger partial charge in [0.1, 0.15) is 17.6 Å². The van der Waals surface area contributed by atoms with Crippen LogP contribution in [0, 0.1) is 17.2 Å². The number of nitrogens with one attached hydrogen (secondary N) is 2. The highest BCUT2D eigenvalue weighted by Gasteiger charge is 2.12. The van der Waals surface area contributed by atoms with Gasteiger partial charge in [0.25, 0.3) is 0 Å². The molecule has 2 heterocycles. The normalized spacial score (nSPS) is 20.1. The lowest BCUT2D eigenvalue weighted by molar-refractivity contribution is 0.392. The Labute approximate surface area is 95.7 Å². The predicted octanol–water partition coefficient (Wildman–Crippen LogP) is 1.36. The van der Waals surface area contributed by atoms with Crippen LogP contribution in [-0.2, 0) is 0 Å². The summed E-state index contributed by atoms with van der Waals surface area (Å²) < 4.78 is 0. The fourth-order valence-electron chi connectivity index (χ4n) is 1.94. The van der Waals surface area contributed by atoms with Gasteiger partial charge in [-0.3, -0.25) is 0 Å². The second-order valence-corrected chi connectivity index (χ2v) is 4.11. The van der Waals surface area contributed by atoms with E-state index in [2.05, 4.69) is 15.6 Å². The second-order valence-electron chi connectivity index (χ2n) is 4.11. The van der Waals surface area contributed by atoms with Gasteiger partial charge in [-0.2, -0.15) is 5.26 Å². The molecule has 2 N–H and O–H groups in total. The smallest absolute Gasteiger partial charge is 0.142 e. The van der Waals surface area contributed by atoms with Crippen molar-refractivity contribution in [2.24, 2.45) is 5.92 Å². The lowest BCUT2D eigenvalue weighted by Crippen LogP contribution is -2.33. The molecule has 4 nitrogen and oxygen atoms in total. The van der Waals surface area contributed by atoms with Crippen molar-refractivity contribution in [2.75, 3.05) is 25.0 Å². The first-order valence-electron chi connectivity index (χ1n) is 5.70. The van der Waals surface area contributed by atoms with Crippen LogP contribution >= 0.6 is 0 Å². The average Bonchev–Trinajstić information content (AvgIpc) is 2.38. The van der Waals surface area contributed by atoms with Gasteiger partial charge in [0.05, 0.1) is 0 Å². The van der Waals surface area contributed by atoms with Crippen molar-refractivity contribution >= 4 is 5.82 Å². The molecule has 4 heteroatoms. The van der Waals surface area contributed by atoms with Gasteiger partial charge < -0.3 is 10.6 Å². The van der Waals surface area contributed by atoms with E-state index in [1.807, 2.05) is 18.2 Å². The van der Waals surface area contributed by atoms with Crippen LogP contribution in [0.25, 0.3) is 0 Å². The van der Waals surface area contributed by atoms with Crippen LogP contribution in [0.2, 0.25) is 0 Å². The number of piperidine rings is 1. The van der Waals surface area contributed by atoms with Crippen molar-refractivity contribution in [1.29, 1.82) is 5.26 Å². The summed E-state index contributed by atoms with van der Waals surface area (Å²) in [6.07, 6.45) is 2.51. The summed E-state index contributed by atoms with van der Waals surface area (Å²) in [5, 5.41) is 15.4. The Hall–Kier alpha value is -1.60. The van der Waals surface area contributed by atoms with Gasteiger partial charge in [-0.05, 0) is 44.0 Å². The highest BCUT2D eigenvalue weighted by atomic mass is 15.0. The second kappa shape index (κ2) is 5.47. The Bertz CT molecular complexity index is 377. The fraction of sp³-hybridized carbons (Fsp3) is 0.500. The number of hydrogen-bond acceptors (Lipinski definition) is 4. The monoisotopic (exact) mass is 216 g/mol. The van der Waals surface area contributed by atoms with Gasteiger partial charge in [-0.1, -0.05) is 6.07 Å². The van der Waals surface area contributed by atoms with Gasteiger partial charge in [0.15, 0.2) is 0 Å². The van der Waals surface area contributed by atoms with Crippen molar-refractivity contribution < 1.29 is 0 Å². The molecule has 0 bridgehead atoms. The molecular weight excluding hydrogens is 200 g/mol. The Kier molecular flexibility index (Phi) is 3.73. The van der Waals surface area contributed by atoms with E-state index < -0.39 is 0 Å². The van der Waals surface area contributed by atoms with E-state index in [0.717, 1.165) is 25.5 Å². The first kappa shape index (κ1) is 10.9. The zero-order valence-electron chi connectivity index (χ0n) is 9.24. The number of nitrogens with zero attached hydrogens (tertiary/aromatic N) is 2. The number of anilines is 1. The van der Waals surface area contributed by atoms with Gasteiger partial charge in [-0.25, -0.2) is 4.98 Å². The van der Waals surface area contributed by atoms with E-state index in [9.17, 15) is 0 Å². The Morgan fingerprint density at radius 3 is 3.25 bits per heavy atom. The Morgan fingerprint density at radius 1 is 1.56 bits per heavy atom. The molecule has 0 spiro atoms. The minimum absolute atomic E-state index is 0.465. The molecule has 1 saturated heterocycles.